The van der Waals surface area contributed by atoms with Crippen LogP contribution in [0.3, 0.4) is 0 Å². The number of aliphatic hydroxyl groups excluding tert-OH is 4. The van der Waals surface area contributed by atoms with Crippen molar-refractivity contribution in [1.29, 1.82) is 0 Å². The molecule has 0 saturated carbocycles. The Morgan fingerprint density at radius 2 is 2.00 bits per heavy atom. The summed E-state index contributed by atoms with van der Waals surface area (Å²) in [5, 5.41) is 59.0. The van der Waals surface area contributed by atoms with Gasteiger partial charge in [0.25, 0.3) is 5.79 Å². The quantitative estimate of drug-likeness (QED) is 0.268. The number of nitrogens with one attached hydrogen (secondary N) is 1. The maximum Gasteiger partial charge on any atom is 0.364 e. The molecular weight excluding hydrogens is 290 g/mol. The van der Waals surface area contributed by atoms with Crippen molar-refractivity contribution in [3.8, 4) is 0 Å². The smallest absolute Gasteiger partial charge is 0.364 e. The van der Waals surface area contributed by atoms with Gasteiger partial charge >= 0.3 is 5.97 Å². The number of aliphatic carboxylic acids is 1. The first-order valence-electron chi connectivity index (χ1n) is 6.18. The molecule has 0 aromatic rings. The number of carboxylic acid groups (broad SMARTS) is 1. The summed E-state index contributed by atoms with van der Waals surface area (Å²) in [6, 6.07) is -1.27. The minimum atomic E-state index is -2.78. The largest absolute Gasteiger partial charge is 0.477 e. The minimum Gasteiger partial charge on any atom is -0.477 e. The van der Waals surface area contributed by atoms with Crippen molar-refractivity contribution in [1.82, 2.24) is 5.32 Å². The molecule has 1 rings (SSSR count). The Hall–Kier alpha value is -1.30. The second kappa shape index (κ2) is 6.64. The fraction of sp³-hybridized carbons (Fsp3) is 0.818. The summed E-state index contributed by atoms with van der Waals surface area (Å²) in [7, 11) is 0. The van der Waals surface area contributed by atoms with Crippen molar-refractivity contribution in [2.24, 2.45) is 0 Å². The number of rotatable bonds is 5. The SMILES string of the molecule is CC(=O)NC1C([C@H](O)[C@H](O)CO)O[C@@](O)(C(=O)O)C[C@H]1O. The Morgan fingerprint density at radius 1 is 1.43 bits per heavy atom. The fourth-order valence-electron chi connectivity index (χ4n) is 2.14. The third-order valence-corrected chi connectivity index (χ3v) is 3.21. The van der Waals surface area contributed by atoms with Crippen molar-refractivity contribution < 1.29 is 45.0 Å². The van der Waals surface area contributed by atoms with Crippen molar-refractivity contribution in [2.75, 3.05) is 6.61 Å². The zero-order chi connectivity index (χ0) is 16.4. The Kier molecular flexibility index (Phi) is 5.61. The van der Waals surface area contributed by atoms with E-state index in [0.29, 0.717) is 0 Å². The molecule has 2 unspecified atom stereocenters. The number of hydrogen-bond donors (Lipinski definition) is 7. The Balaban J connectivity index is 3.07. The van der Waals surface area contributed by atoms with Gasteiger partial charge in [0.2, 0.25) is 5.91 Å². The van der Waals surface area contributed by atoms with E-state index >= 15 is 0 Å². The summed E-state index contributed by atoms with van der Waals surface area (Å²) in [5.41, 5.74) is 0. The lowest BCUT2D eigenvalue weighted by Gasteiger charge is -2.44. The van der Waals surface area contributed by atoms with Gasteiger partial charge < -0.3 is 40.7 Å². The van der Waals surface area contributed by atoms with E-state index in [2.05, 4.69) is 5.32 Å². The van der Waals surface area contributed by atoms with E-state index in [-0.39, 0.29) is 0 Å². The van der Waals surface area contributed by atoms with Crippen LogP contribution in [0.1, 0.15) is 13.3 Å². The highest BCUT2D eigenvalue weighted by Gasteiger charge is 2.53. The lowest BCUT2D eigenvalue weighted by atomic mass is 9.88. The molecule has 7 N–H and O–H groups in total. The minimum absolute atomic E-state index is 0.598. The Bertz CT molecular complexity index is 403. The number of carbonyl (C=O) groups is 2. The van der Waals surface area contributed by atoms with Gasteiger partial charge in [0.15, 0.2) is 0 Å². The molecule has 10 nitrogen and oxygen atoms in total. The molecular formula is C11H19NO9. The molecule has 1 aliphatic rings. The van der Waals surface area contributed by atoms with E-state index in [1.165, 1.54) is 0 Å². The summed E-state index contributed by atoms with van der Waals surface area (Å²) in [5.74, 6) is -5.17. The molecule has 1 amide bonds. The van der Waals surface area contributed by atoms with Gasteiger partial charge in [-0.15, -0.1) is 0 Å². The number of ether oxygens (including phenoxy) is 1. The molecule has 0 aliphatic carbocycles. The monoisotopic (exact) mass is 309 g/mol. The summed E-state index contributed by atoms with van der Waals surface area (Å²) in [6.07, 6.45) is -7.48. The van der Waals surface area contributed by atoms with Gasteiger partial charge in [-0.25, -0.2) is 4.79 Å². The summed E-state index contributed by atoms with van der Waals surface area (Å²) < 4.78 is 4.86. The molecule has 122 valence electrons. The Morgan fingerprint density at radius 3 is 2.43 bits per heavy atom. The second-order valence-corrected chi connectivity index (χ2v) is 4.91. The Labute approximate surface area is 119 Å². The van der Waals surface area contributed by atoms with E-state index in [1.807, 2.05) is 0 Å². The van der Waals surface area contributed by atoms with Crippen molar-refractivity contribution in [3.63, 3.8) is 0 Å². The second-order valence-electron chi connectivity index (χ2n) is 4.91. The van der Waals surface area contributed by atoms with Crippen LogP contribution in [0.2, 0.25) is 0 Å². The van der Waals surface area contributed by atoms with Gasteiger partial charge in [0.05, 0.1) is 18.8 Å². The van der Waals surface area contributed by atoms with E-state index in [9.17, 15) is 30.0 Å². The van der Waals surface area contributed by atoms with Crippen molar-refractivity contribution in [3.05, 3.63) is 0 Å². The predicted molar refractivity (Wildman–Crippen MR) is 64.8 cm³/mol. The van der Waals surface area contributed by atoms with Crippen LogP contribution in [0.5, 0.6) is 0 Å². The van der Waals surface area contributed by atoms with Gasteiger partial charge in [0.1, 0.15) is 18.3 Å². The van der Waals surface area contributed by atoms with Crippen molar-refractivity contribution in [2.45, 2.75) is 49.6 Å². The molecule has 0 aromatic heterocycles. The van der Waals surface area contributed by atoms with Crippen LogP contribution in [0.4, 0.5) is 0 Å². The maximum absolute atomic E-state index is 11.1. The molecule has 6 atom stereocenters. The van der Waals surface area contributed by atoms with Crippen LogP contribution >= 0.6 is 0 Å². The predicted octanol–water partition coefficient (Wildman–Crippen LogP) is -3.87. The lowest BCUT2D eigenvalue weighted by Crippen LogP contribution is -2.67. The van der Waals surface area contributed by atoms with Crippen molar-refractivity contribution >= 4 is 11.9 Å². The van der Waals surface area contributed by atoms with Gasteiger partial charge in [-0.3, -0.25) is 4.79 Å². The van der Waals surface area contributed by atoms with Crippen LogP contribution in [0.15, 0.2) is 0 Å². The molecule has 1 aliphatic heterocycles. The maximum atomic E-state index is 11.1. The van der Waals surface area contributed by atoms with Crippen LogP contribution in [-0.4, -0.2) is 85.4 Å². The first-order chi connectivity index (χ1) is 9.62. The average molecular weight is 309 g/mol. The zero-order valence-electron chi connectivity index (χ0n) is 11.2. The number of carbonyl (C=O) groups excluding carboxylic acids is 1. The van der Waals surface area contributed by atoms with Gasteiger partial charge in [-0.05, 0) is 0 Å². The molecule has 0 spiro atoms. The molecule has 0 aromatic carbocycles. The normalized spacial score (nSPS) is 35.8. The van der Waals surface area contributed by atoms with Crippen LogP contribution in [-0.2, 0) is 14.3 Å². The third-order valence-electron chi connectivity index (χ3n) is 3.21. The van der Waals surface area contributed by atoms with E-state index in [1.54, 1.807) is 0 Å². The molecule has 1 saturated heterocycles. The van der Waals surface area contributed by atoms with Crippen LogP contribution < -0.4 is 5.32 Å². The topological polar surface area (TPSA) is 177 Å². The standard InChI is InChI=1S/C11H19NO9/c1-4(14)12-7-5(15)2-11(20,10(18)19)21-9(7)8(17)6(16)3-13/h5-9,13,15-17,20H,2-3H2,1H3,(H,12,14)(H,18,19)/t5-,6-,7?,8-,9?,11-/m1/s1. The van der Waals surface area contributed by atoms with E-state index < -0.39 is 61.1 Å². The highest BCUT2D eigenvalue weighted by molar-refractivity contribution is 5.76. The third kappa shape index (κ3) is 3.87. The highest BCUT2D eigenvalue weighted by Crippen LogP contribution is 2.30. The molecule has 10 heteroatoms. The lowest BCUT2D eigenvalue weighted by molar-refractivity contribution is -0.295. The molecule has 0 radical (unpaired) electrons. The molecule has 0 bridgehead atoms. The number of amides is 1. The number of aliphatic hydroxyl groups is 5. The summed E-state index contributed by atoms with van der Waals surface area (Å²) in [4.78, 5) is 22.1. The van der Waals surface area contributed by atoms with E-state index in [0.717, 1.165) is 6.92 Å². The average Bonchev–Trinajstić information content (AvgIpc) is 2.39. The zero-order valence-corrected chi connectivity index (χ0v) is 11.2. The van der Waals surface area contributed by atoms with Crippen LogP contribution in [0.25, 0.3) is 0 Å². The summed E-state index contributed by atoms with van der Waals surface area (Å²) >= 11 is 0. The van der Waals surface area contributed by atoms with E-state index in [4.69, 9.17) is 14.9 Å². The fourth-order valence-corrected chi connectivity index (χ4v) is 2.14. The van der Waals surface area contributed by atoms with Gasteiger partial charge in [-0.1, -0.05) is 0 Å². The van der Waals surface area contributed by atoms with Crippen LogP contribution in [0, 0.1) is 0 Å². The number of hydrogen-bond acceptors (Lipinski definition) is 8. The first kappa shape index (κ1) is 17.8. The molecule has 21 heavy (non-hydrogen) atoms. The van der Waals surface area contributed by atoms with Gasteiger partial charge in [-0.2, -0.15) is 0 Å². The molecule has 1 fully saturated rings. The summed E-state index contributed by atoms with van der Waals surface area (Å²) in [6.45, 7) is 0.256. The first-order valence-corrected chi connectivity index (χ1v) is 6.18. The highest BCUT2D eigenvalue weighted by atomic mass is 16.7. The molecule has 1 heterocycles. The van der Waals surface area contributed by atoms with Gasteiger partial charge in [0, 0.05) is 13.3 Å². The number of carboxylic acids is 1.